The first kappa shape index (κ1) is 14.4. The van der Waals surface area contributed by atoms with E-state index in [1.54, 1.807) is 19.2 Å². The largest absolute Gasteiger partial charge is 0.495 e. The number of rotatable bonds is 4. The van der Waals surface area contributed by atoms with E-state index in [-0.39, 0.29) is 5.25 Å². The van der Waals surface area contributed by atoms with Crippen LogP contribution >= 0.6 is 0 Å². The lowest BCUT2D eigenvalue weighted by molar-refractivity contribution is 0.352. The Bertz CT molecular complexity index is 453. The molecular weight excluding hydrogens is 258 g/mol. The second-order valence-electron chi connectivity index (χ2n) is 5.26. The molecule has 1 aromatic rings. The average Bonchev–Trinajstić information content (AvgIpc) is 2.46. The summed E-state index contributed by atoms with van der Waals surface area (Å²) in [7, 11) is 0.614. The van der Waals surface area contributed by atoms with Crippen molar-refractivity contribution in [1.29, 1.82) is 0 Å². The van der Waals surface area contributed by atoms with Crippen LogP contribution in [0.5, 0.6) is 5.75 Å². The third-order valence-corrected chi connectivity index (χ3v) is 5.93. The van der Waals surface area contributed by atoms with E-state index in [0.29, 0.717) is 11.4 Å². The van der Waals surface area contributed by atoms with Crippen molar-refractivity contribution in [1.82, 2.24) is 0 Å². The van der Waals surface area contributed by atoms with Crippen molar-refractivity contribution in [2.75, 3.05) is 12.8 Å². The number of hydrogen-bond donors (Lipinski definition) is 1. The smallest absolute Gasteiger partial charge is 0.137 e. The fraction of sp³-hybridized carbons (Fsp3) is 0.600. The molecule has 0 radical (unpaired) electrons. The zero-order valence-electron chi connectivity index (χ0n) is 11.7. The van der Waals surface area contributed by atoms with Gasteiger partial charge in [0.1, 0.15) is 5.75 Å². The summed E-state index contributed by atoms with van der Waals surface area (Å²) < 4.78 is 18.0. The molecule has 1 atom stereocenters. The minimum absolute atomic E-state index is 0.264. The molecule has 0 aliphatic heterocycles. The topological polar surface area (TPSA) is 52.3 Å². The van der Waals surface area contributed by atoms with E-state index in [1.165, 1.54) is 19.3 Å². The van der Waals surface area contributed by atoms with E-state index in [1.807, 2.05) is 6.07 Å². The Balaban J connectivity index is 2.12. The molecule has 0 amide bonds. The van der Waals surface area contributed by atoms with Crippen LogP contribution in [0.1, 0.15) is 39.0 Å². The summed E-state index contributed by atoms with van der Waals surface area (Å²) in [5.41, 5.74) is 6.38. The van der Waals surface area contributed by atoms with Crippen LogP contribution in [-0.2, 0) is 10.8 Å². The van der Waals surface area contributed by atoms with Crippen molar-refractivity contribution in [2.24, 2.45) is 5.92 Å². The van der Waals surface area contributed by atoms with E-state index >= 15 is 0 Å². The molecule has 106 valence electrons. The van der Waals surface area contributed by atoms with Crippen LogP contribution in [0.15, 0.2) is 23.1 Å². The minimum atomic E-state index is -0.987. The van der Waals surface area contributed by atoms with Gasteiger partial charge in [-0.15, -0.1) is 0 Å². The number of nitrogens with two attached hydrogens (primary N) is 1. The highest BCUT2D eigenvalue weighted by Gasteiger charge is 2.26. The van der Waals surface area contributed by atoms with Crippen LogP contribution in [0.4, 0.5) is 5.69 Å². The van der Waals surface area contributed by atoms with Gasteiger partial charge in [-0.1, -0.05) is 13.3 Å². The zero-order chi connectivity index (χ0) is 13.8. The van der Waals surface area contributed by atoms with Gasteiger partial charge in [-0.3, -0.25) is 4.21 Å². The molecule has 2 rings (SSSR count). The van der Waals surface area contributed by atoms with Crippen LogP contribution in [0, 0.1) is 5.92 Å². The highest BCUT2D eigenvalue weighted by atomic mass is 32.2. The van der Waals surface area contributed by atoms with Crippen molar-refractivity contribution in [3.63, 3.8) is 0 Å². The minimum Gasteiger partial charge on any atom is -0.495 e. The monoisotopic (exact) mass is 281 g/mol. The molecule has 3 nitrogen and oxygen atoms in total. The molecule has 4 heteroatoms. The predicted molar refractivity (Wildman–Crippen MR) is 79.9 cm³/mol. The molecule has 1 aliphatic rings. The van der Waals surface area contributed by atoms with Gasteiger partial charge >= 0.3 is 0 Å². The Hall–Kier alpha value is -1.03. The summed E-state index contributed by atoms with van der Waals surface area (Å²) >= 11 is 0. The molecule has 0 bridgehead atoms. The van der Waals surface area contributed by atoms with Gasteiger partial charge in [-0.25, -0.2) is 0 Å². The summed E-state index contributed by atoms with van der Waals surface area (Å²) in [6, 6.07) is 5.40. The van der Waals surface area contributed by atoms with Crippen molar-refractivity contribution in [2.45, 2.75) is 49.2 Å². The molecule has 19 heavy (non-hydrogen) atoms. The molecule has 1 aliphatic carbocycles. The van der Waals surface area contributed by atoms with Crippen molar-refractivity contribution < 1.29 is 8.95 Å². The van der Waals surface area contributed by atoms with E-state index in [2.05, 4.69) is 6.92 Å². The third-order valence-electron chi connectivity index (χ3n) is 4.08. The number of anilines is 1. The van der Waals surface area contributed by atoms with Crippen LogP contribution in [0.2, 0.25) is 0 Å². The maximum Gasteiger partial charge on any atom is 0.137 e. The highest BCUT2D eigenvalue weighted by Crippen LogP contribution is 2.34. The molecule has 0 aromatic heterocycles. The lowest BCUT2D eigenvalue weighted by Crippen LogP contribution is -2.23. The van der Waals surface area contributed by atoms with Gasteiger partial charge in [-0.05, 0) is 43.7 Å². The van der Waals surface area contributed by atoms with Crippen molar-refractivity contribution >= 4 is 16.5 Å². The Morgan fingerprint density at radius 2 is 2.00 bits per heavy atom. The Morgan fingerprint density at radius 1 is 1.32 bits per heavy atom. The SMILES string of the molecule is CCC1CCC(S(=O)c2ccc(N)cc2OC)CC1. The van der Waals surface area contributed by atoms with Crippen LogP contribution in [-0.4, -0.2) is 16.6 Å². The van der Waals surface area contributed by atoms with Crippen LogP contribution in [0.3, 0.4) is 0 Å². The standard InChI is InChI=1S/C15H23NO2S/c1-3-11-4-7-13(8-5-11)19(17)15-9-6-12(16)10-14(15)18-2/h6,9-11,13H,3-5,7-8,16H2,1-2H3. The first-order valence-corrected chi connectivity index (χ1v) is 8.21. The molecule has 0 spiro atoms. The fourth-order valence-electron chi connectivity index (χ4n) is 2.78. The fourth-order valence-corrected chi connectivity index (χ4v) is 4.39. The highest BCUT2D eigenvalue weighted by molar-refractivity contribution is 7.85. The van der Waals surface area contributed by atoms with Gasteiger partial charge in [0.15, 0.2) is 0 Å². The van der Waals surface area contributed by atoms with Crippen LogP contribution in [0.25, 0.3) is 0 Å². The molecule has 1 aromatic carbocycles. The van der Waals surface area contributed by atoms with Gasteiger partial charge in [0.25, 0.3) is 0 Å². The van der Waals surface area contributed by atoms with E-state index < -0.39 is 10.8 Å². The number of nitrogen functional groups attached to an aromatic ring is 1. The van der Waals surface area contributed by atoms with Gasteiger partial charge in [0, 0.05) is 17.0 Å². The molecule has 1 unspecified atom stereocenters. The van der Waals surface area contributed by atoms with Gasteiger partial charge in [-0.2, -0.15) is 0 Å². The van der Waals surface area contributed by atoms with E-state index in [0.717, 1.165) is 23.7 Å². The normalized spacial score (nSPS) is 24.9. The Labute approximate surface area is 118 Å². The van der Waals surface area contributed by atoms with Crippen molar-refractivity contribution in [3.8, 4) is 5.75 Å². The average molecular weight is 281 g/mol. The molecule has 1 saturated carbocycles. The van der Waals surface area contributed by atoms with Gasteiger partial charge in [0.05, 0.1) is 22.8 Å². The summed E-state index contributed by atoms with van der Waals surface area (Å²) in [6.07, 6.45) is 5.75. The summed E-state index contributed by atoms with van der Waals surface area (Å²) in [5, 5.41) is 0.264. The first-order valence-electron chi connectivity index (χ1n) is 6.99. The van der Waals surface area contributed by atoms with Gasteiger partial charge < -0.3 is 10.5 Å². The van der Waals surface area contributed by atoms with Crippen LogP contribution < -0.4 is 10.5 Å². The molecule has 2 N–H and O–H groups in total. The van der Waals surface area contributed by atoms with E-state index in [4.69, 9.17) is 10.5 Å². The number of hydrogen-bond acceptors (Lipinski definition) is 3. The lowest BCUT2D eigenvalue weighted by Gasteiger charge is -2.27. The summed E-state index contributed by atoms with van der Waals surface area (Å²) in [4.78, 5) is 0.789. The summed E-state index contributed by atoms with van der Waals surface area (Å²) in [5.74, 6) is 1.47. The molecule has 0 saturated heterocycles. The second kappa shape index (κ2) is 6.42. The third kappa shape index (κ3) is 3.30. The first-order chi connectivity index (χ1) is 9.15. The maximum absolute atomic E-state index is 12.7. The van der Waals surface area contributed by atoms with Crippen molar-refractivity contribution in [3.05, 3.63) is 18.2 Å². The number of ether oxygens (including phenoxy) is 1. The Kier molecular flexibility index (Phi) is 4.86. The predicted octanol–water partition coefficient (Wildman–Crippen LogP) is 3.35. The quantitative estimate of drug-likeness (QED) is 0.861. The summed E-state index contributed by atoms with van der Waals surface area (Å²) in [6.45, 7) is 2.24. The maximum atomic E-state index is 12.7. The molecule has 1 fully saturated rings. The van der Waals surface area contributed by atoms with Gasteiger partial charge in [0.2, 0.25) is 0 Å². The van der Waals surface area contributed by atoms with E-state index in [9.17, 15) is 4.21 Å². The molecular formula is C15H23NO2S. The molecule has 0 heterocycles. The number of benzene rings is 1. The zero-order valence-corrected chi connectivity index (χ0v) is 12.5. The number of methoxy groups -OCH3 is 1. The lowest BCUT2D eigenvalue weighted by atomic mass is 9.87. The second-order valence-corrected chi connectivity index (χ2v) is 6.96. The Morgan fingerprint density at radius 3 is 2.58 bits per heavy atom.